The largest absolute Gasteiger partial charge is 0.507 e. The van der Waals surface area contributed by atoms with Gasteiger partial charge in [-0.3, -0.25) is 14.5 Å². The van der Waals surface area contributed by atoms with Crippen LogP contribution in [0.2, 0.25) is 0 Å². The topological polar surface area (TPSA) is 129 Å². The Bertz CT molecular complexity index is 2190. The molecule has 0 bridgehead atoms. The van der Waals surface area contributed by atoms with Crippen LogP contribution in [0.5, 0.6) is 17.2 Å². The number of aromatic hydroxyl groups is 1. The van der Waals surface area contributed by atoms with Crippen LogP contribution in [-0.4, -0.2) is 91.2 Å². The highest BCUT2D eigenvalue weighted by molar-refractivity contribution is 6.41. The van der Waals surface area contributed by atoms with Crippen LogP contribution in [0.3, 0.4) is 0 Å². The van der Waals surface area contributed by atoms with E-state index in [1.807, 2.05) is 54.6 Å². The predicted octanol–water partition coefficient (Wildman–Crippen LogP) is 7.02. The molecule has 1 fully saturated rings. The van der Waals surface area contributed by atoms with Gasteiger partial charge in [-0.05, 0) is 77.7 Å². The van der Waals surface area contributed by atoms with Gasteiger partial charge in [0.15, 0.2) is 0 Å². The molecule has 1 amide bonds. The second kappa shape index (κ2) is 18.8. The number of esters is 1. The van der Waals surface area contributed by atoms with Gasteiger partial charge in [-0.25, -0.2) is 4.79 Å². The third-order valence-electron chi connectivity index (χ3n) is 9.91. The first-order valence-corrected chi connectivity index (χ1v) is 18.7. The summed E-state index contributed by atoms with van der Waals surface area (Å²) < 4.78 is 16.0. The summed E-state index contributed by atoms with van der Waals surface area (Å²) in [5, 5.41) is 23.5. The number of rotatable bonds is 16. The van der Waals surface area contributed by atoms with Crippen LogP contribution in [0.25, 0.3) is 16.5 Å². The van der Waals surface area contributed by atoms with Crippen molar-refractivity contribution in [3.8, 4) is 17.2 Å². The number of ketones is 1. The molecule has 0 atom stereocenters. The van der Waals surface area contributed by atoms with Crippen molar-refractivity contribution in [1.29, 1.82) is 0 Å². The van der Waals surface area contributed by atoms with Gasteiger partial charge in [-0.2, -0.15) is 0 Å². The van der Waals surface area contributed by atoms with Crippen LogP contribution in [-0.2, 0) is 27.4 Å². The van der Waals surface area contributed by atoms with Gasteiger partial charge in [-0.1, -0.05) is 72.8 Å². The smallest absolute Gasteiger partial charge is 0.345 e. The van der Waals surface area contributed by atoms with Crippen LogP contribution in [0.15, 0.2) is 115 Å². The quantitative estimate of drug-likeness (QED) is 0.0356. The Balaban J connectivity index is 1.05. The van der Waals surface area contributed by atoms with Crippen molar-refractivity contribution >= 4 is 39.9 Å². The van der Waals surface area contributed by atoms with Crippen molar-refractivity contribution in [2.45, 2.75) is 25.9 Å². The normalized spacial score (nSPS) is 13.3. The molecule has 0 saturated carbocycles. The number of carbonyl (C=O) groups is 3. The van der Waals surface area contributed by atoms with E-state index in [0.717, 1.165) is 52.4 Å². The lowest BCUT2D eigenvalue weighted by atomic mass is 10.0. The maximum absolute atomic E-state index is 13.2. The number of nitrogens with zero attached hydrogens (tertiary/aromatic N) is 3. The minimum Gasteiger partial charge on any atom is -0.507 e. The number of aliphatic hydroxyl groups is 1. The number of anilines is 1. The molecule has 6 rings (SSSR count). The van der Waals surface area contributed by atoms with Crippen molar-refractivity contribution in [2.75, 3.05) is 58.5 Å². The maximum Gasteiger partial charge on any atom is 0.345 e. The molecule has 1 heterocycles. The number of phenolic OH excluding ortho intramolecular Hbond substituents is 1. The molecule has 11 nitrogen and oxygen atoms in total. The molecular formula is C45H47N3O8. The lowest BCUT2D eigenvalue weighted by molar-refractivity contribution is -0.143. The van der Waals surface area contributed by atoms with Gasteiger partial charge >= 0.3 is 5.97 Å². The standard InChI is InChI=1S/C45H47N3O8/c1-54-37-17-7-11-32(27-37)30-48(31-35-15-8-13-33-12-3-4-18-38(33)35)36-16-9-14-34(28-36)40(50)29-41(51)44(52)47-24-22-46(23-25-47)21-5-6-26-56-42-20-10-19-39(49)43(42)45(53)55-2/h3-4,7-20,27-29,49-50H,5-6,21-26,30-31H2,1-2H3/b40-29-. The number of benzene rings is 5. The van der Waals surface area contributed by atoms with Gasteiger partial charge in [-0.15, -0.1) is 0 Å². The van der Waals surface area contributed by atoms with Crippen LogP contribution in [0, 0.1) is 0 Å². The summed E-state index contributed by atoms with van der Waals surface area (Å²) in [4.78, 5) is 44.3. The highest BCUT2D eigenvalue weighted by Gasteiger charge is 2.25. The molecule has 0 aliphatic carbocycles. The van der Waals surface area contributed by atoms with E-state index in [2.05, 4.69) is 40.1 Å². The van der Waals surface area contributed by atoms with Gasteiger partial charge in [0.2, 0.25) is 5.78 Å². The molecule has 11 heteroatoms. The minimum atomic E-state index is -0.777. The predicted molar refractivity (Wildman–Crippen MR) is 216 cm³/mol. The molecule has 1 aliphatic heterocycles. The Labute approximate surface area is 326 Å². The Kier molecular flexibility index (Phi) is 13.2. The lowest BCUT2D eigenvalue weighted by Crippen LogP contribution is -2.50. The number of phenols is 1. The van der Waals surface area contributed by atoms with Crippen molar-refractivity contribution in [3.63, 3.8) is 0 Å². The van der Waals surface area contributed by atoms with Crippen LogP contribution in [0.1, 0.15) is 39.9 Å². The number of aliphatic hydroxyl groups excluding tert-OH is 1. The van der Waals surface area contributed by atoms with Crippen molar-refractivity contribution in [3.05, 3.63) is 138 Å². The number of carbonyl (C=O) groups excluding carboxylic acids is 3. The molecule has 290 valence electrons. The average Bonchev–Trinajstić information content (AvgIpc) is 3.23. The zero-order valence-corrected chi connectivity index (χ0v) is 31.7. The van der Waals surface area contributed by atoms with E-state index in [4.69, 9.17) is 14.2 Å². The number of piperazine rings is 1. The summed E-state index contributed by atoms with van der Waals surface area (Å²) in [5.41, 5.74) is 3.46. The summed E-state index contributed by atoms with van der Waals surface area (Å²) in [5.74, 6) is -1.54. The summed E-state index contributed by atoms with van der Waals surface area (Å²) in [6.07, 6.45) is 2.54. The SMILES string of the molecule is COC(=O)c1c(O)cccc1OCCCCN1CCN(C(=O)C(=O)/C=C(\O)c2cccc(N(Cc3cccc(OC)c3)Cc3cccc4ccccc34)c2)CC1. The molecule has 1 aliphatic rings. The van der Waals surface area contributed by atoms with Crippen LogP contribution < -0.4 is 14.4 Å². The molecule has 0 unspecified atom stereocenters. The fourth-order valence-corrected chi connectivity index (χ4v) is 6.89. The van der Waals surface area contributed by atoms with E-state index in [9.17, 15) is 24.6 Å². The zero-order chi connectivity index (χ0) is 39.4. The minimum absolute atomic E-state index is 0.00178. The number of hydrogen-bond donors (Lipinski definition) is 2. The van der Waals surface area contributed by atoms with Gasteiger partial charge in [0, 0.05) is 56.6 Å². The molecule has 5 aromatic carbocycles. The van der Waals surface area contributed by atoms with Crippen molar-refractivity contribution in [1.82, 2.24) is 9.80 Å². The van der Waals surface area contributed by atoms with Crippen molar-refractivity contribution in [2.24, 2.45) is 0 Å². The highest BCUT2D eigenvalue weighted by Crippen LogP contribution is 2.29. The fourth-order valence-electron chi connectivity index (χ4n) is 6.89. The molecule has 0 radical (unpaired) electrons. The molecule has 2 N–H and O–H groups in total. The molecule has 0 spiro atoms. The second-order valence-corrected chi connectivity index (χ2v) is 13.6. The van der Waals surface area contributed by atoms with E-state index in [0.29, 0.717) is 57.9 Å². The highest BCUT2D eigenvalue weighted by atomic mass is 16.5. The molecule has 1 saturated heterocycles. The first-order valence-electron chi connectivity index (χ1n) is 18.7. The monoisotopic (exact) mass is 757 g/mol. The van der Waals surface area contributed by atoms with Gasteiger partial charge in [0.25, 0.3) is 5.91 Å². The molecular weight excluding hydrogens is 711 g/mol. The second-order valence-electron chi connectivity index (χ2n) is 13.6. The summed E-state index contributed by atoms with van der Waals surface area (Å²) in [6, 6.07) is 34.4. The fraction of sp³-hybridized carbons (Fsp3) is 0.267. The van der Waals surface area contributed by atoms with Gasteiger partial charge < -0.3 is 34.2 Å². The Morgan fingerprint density at radius 2 is 1.55 bits per heavy atom. The number of fused-ring (bicyclic) bond motifs is 1. The number of unbranched alkanes of at least 4 members (excludes halogenated alkanes) is 1. The molecule has 5 aromatic rings. The van der Waals surface area contributed by atoms with E-state index in [1.165, 1.54) is 18.1 Å². The number of hydrogen-bond acceptors (Lipinski definition) is 10. The van der Waals surface area contributed by atoms with Crippen molar-refractivity contribution < 1.29 is 38.8 Å². The van der Waals surface area contributed by atoms with E-state index >= 15 is 0 Å². The first-order chi connectivity index (χ1) is 27.2. The first kappa shape index (κ1) is 39.4. The van der Waals surface area contributed by atoms with Crippen LogP contribution >= 0.6 is 0 Å². The number of ether oxygens (including phenoxy) is 3. The number of amides is 1. The van der Waals surface area contributed by atoms with Gasteiger partial charge in [0.05, 0.1) is 20.8 Å². The summed E-state index contributed by atoms with van der Waals surface area (Å²) in [7, 11) is 2.89. The van der Waals surface area contributed by atoms with Gasteiger partial charge in [0.1, 0.15) is 28.6 Å². The Morgan fingerprint density at radius 1 is 0.804 bits per heavy atom. The Morgan fingerprint density at radius 3 is 2.36 bits per heavy atom. The molecule has 56 heavy (non-hydrogen) atoms. The van der Waals surface area contributed by atoms with E-state index < -0.39 is 17.7 Å². The average molecular weight is 758 g/mol. The van der Waals surface area contributed by atoms with E-state index in [-0.39, 0.29) is 22.8 Å². The third-order valence-corrected chi connectivity index (χ3v) is 9.91. The maximum atomic E-state index is 13.2. The van der Waals surface area contributed by atoms with Crippen LogP contribution in [0.4, 0.5) is 5.69 Å². The molecule has 0 aromatic heterocycles. The lowest BCUT2D eigenvalue weighted by Gasteiger charge is -2.34. The summed E-state index contributed by atoms with van der Waals surface area (Å²) in [6.45, 7) is 4.27. The zero-order valence-electron chi connectivity index (χ0n) is 31.7. The van der Waals surface area contributed by atoms with E-state index in [1.54, 1.807) is 25.3 Å². The summed E-state index contributed by atoms with van der Waals surface area (Å²) >= 11 is 0. The Hall–Kier alpha value is -6.33. The third kappa shape index (κ3) is 9.85. The number of methoxy groups -OCH3 is 2.